The summed E-state index contributed by atoms with van der Waals surface area (Å²) in [5.74, 6) is -1.36. The highest BCUT2D eigenvalue weighted by Gasteiger charge is 2.13. The molecule has 0 aromatic heterocycles. The van der Waals surface area contributed by atoms with Crippen LogP contribution in [0.25, 0.3) is 0 Å². The van der Waals surface area contributed by atoms with Crippen LogP contribution in [0.2, 0.25) is 5.02 Å². The molecule has 3 amide bonds. The van der Waals surface area contributed by atoms with E-state index in [0.29, 0.717) is 27.9 Å². The van der Waals surface area contributed by atoms with Gasteiger partial charge in [-0.3, -0.25) is 14.4 Å². The average Bonchev–Trinajstić information content (AvgIpc) is 2.88. The molecule has 0 aliphatic heterocycles. The average molecular weight is 600 g/mol. The van der Waals surface area contributed by atoms with Crippen LogP contribution in [-0.4, -0.2) is 30.5 Å². The summed E-state index contributed by atoms with van der Waals surface area (Å²) in [4.78, 5) is 36.7. The van der Waals surface area contributed by atoms with Gasteiger partial charge in [0.15, 0.2) is 6.61 Å². The molecule has 0 bridgehead atoms. The molecule has 0 radical (unpaired) electrons. The molecule has 8 nitrogen and oxygen atoms in total. The van der Waals surface area contributed by atoms with Gasteiger partial charge in [-0.05, 0) is 65.9 Å². The molecular weight excluding hydrogens is 572 g/mol. The lowest BCUT2D eigenvalue weighted by molar-refractivity contribution is -0.139. The Morgan fingerprint density at radius 3 is 2.45 bits per heavy atom. The molecule has 0 atom stereocenters. The quantitative estimate of drug-likeness (QED) is 0.176. The number of halogens is 2. The standard InChI is InChI=1S/C28H28BrClN4O4/c1-17(2)20-6-4-19(5-7-20)14-31-27(36)28(37)34-32-15-21-13-23(30)9-11-25(21)38-16-26(35)33-24-10-8-22(29)12-18(24)3/h4-13,15,17H,14,16H2,1-3H3,(H,31,36)(H,33,35)(H,34,37)/b32-15-. The monoisotopic (exact) mass is 598 g/mol. The molecule has 0 fully saturated rings. The molecule has 0 heterocycles. The number of aryl methyl sites for hydroxylation is 1. The molecule has 0 unspecified atom stereocenters. The van der Waals surface area contributed by atoms with E-state index in [1.807, 2.05) is 43.3 Å². The minimum absolute atomic E-state index is 0.211. The molecule has 3 N–H and O–H groups in total. The fourth-order valence-electron chi connectivity index (χ4n) is 3.34. The second kappa shape index (κ2) is 13.7. The third-order valence-corrected chi connectivity index (χ3v) is 6.20. The number of nitrogens with one attached hydrogen (secondary N) is 3. The zero-order valence-electron chi connectivity index (χ0n) is 21.2. The van der Waals surface area contributed by atoms with Gasteiger partial charge in [-0.25, -0.2) is 5.43 Å². The third-order valence-electron chi connectivity index (χ3n) is 5.47. The lowest BCUT2D eigenvalue weighted by Crippen LogP contribution is -2.37. The van der Waals surface area contributed by atoms with Gasteiger partial charge >= 0.3 is 11.8 Å². The van der Waals surface area contributed by atoms with Crippen molar-refractivity contribution in [2.24, 2.45) is 5.10 Å². The topological polar surface area (TPSA) is 109 Å². The van der Waals surface area contributed by atoms with Gasteiger partial charge in [0.1, 0.15) is 5.75 Å². The van der Waals surface area contributed by atoms with Crippen LogP contribution in [0.3, 0.4) is 0 Å². The molecule has 0 spiro atoms. The van der Waals surface area contributed by atoms with E-state index in [1.165, 1.54) is 11.8 Å². The third kappa shape index (κ3) is 8.71. The Morgan fingerprint density at radius 2 is 1.76 bits per heavy atom. The van der Waals surface area contributed by atoms with E-state index in [-0.39, 0.29) is 19.1 Å². The van der Waals surface area contributed by atoms with Crippen LogP contribution in [0, 0.1) is 6.92 Å². The van der Waals surface area contributed by atoms with Crippen LogP contribution in [0.5, 0.6) is 5.75 Å². The van der Waals surface area contributed by atoms with Crippen molar-refractivity contribution in [2.75, 3.05) is 11.9 Å². The van der Waals surface area contributed by atoms with Crippen molar-refractivity contribution < 1.29 is 19.1 Å². The number of anilines is 1. The normalized spacial score (nSPS) is 10.9. The van der Waals surface area contributed by atoms with Crippen LogP contribution in [-0.2, 0) is 20.9 Å². The SMILES string of the molecule is Cc1cc(Br)ccc1NC(=O)COc1ccc(Cl)cc1/C=N\NC(=O)C(=O)NCc1ccc(C(C)C)cc1. The molecule has 198 valence electrons. The maximum atomic E-state index is 12.4. The lowest BCUT2D eigenvalue weighted by Gasteiger charge is -2.11. The number of hydrogen-bond acceptors (Lipinski definition) is 5. The van der Waals surface area contributed by atoms with Crippen LogP contribution in [0.4, 0.5) is 5.69 Å². The molecule has 38 heavy (non-hydrogen) atoms. The Bertz CT molecular complexity index is 1340. The zero-order chi connectivity index (χ0) is 27.7. The number of rotatable bonds is 9. The van der Waals surface area contributed by atoms with Crippen LogP contribution < -0.4 is 20.8 Å². The molecule has 0 aliphatic rings. The van der Waals surface area contributed by atoms with E-state index in [0.717, 1.165) is 15.6 Å². The first-order chi connectivity index (χ1) is 18.1. The lowest BCUT2D eigenvalue weighted by atomic mass is 10.0. The number of amides is 3. The molecule has 3 aromatic rings. The molecule has 3 rings (SSSR count). The highest BCUT2D eigenvalue weighted by Crippen LogP contribution is 2.22. The minimum Gasteiger partial charge on any atom is -0.483 e. The van der Waals surface area contributed by atoms with Gasteiger partial charge in [-0.15, -0.1) is 0 Å². The van der Waals surface area contributed by atoms with E-state index in [9.17, 15) is 14.4 Å². The van der Waals surface area contributed by atoms with Crippen LogP contribution >= 0.6 is 27.5 Å². The summed E-state index contributed by atoms with van der Waals surface area (Å²) in [7, 11) is 0. The maximum absolute atomic E-state index is 12.4. The fourth-order valence-corrected chi connectivity index (χ4v) is 4.00. The van der Waals surface area contributed by atoms with Crippen LogP contribution in [0.1, 0.15) is 42.0 Å². The summed E-state index contributed by atoms with van der Waals surface area (Å²) in [6.07, 6.45) is 1.29. The molecule has 0 saturated heterocycles. The molecule has 0 saturated carbocycles. The van der Waals surface area contributed by atoms with Crippen molar-refractivity contribution in [1.82, 2.24) is 10.7 Å². The number of benzene rings is 3. The molecule has 0 aliphatic carbocycles. The van der Waals surface area contributed by atoms with Gasteiger partial charge in [-0.2, -0.15) is 5.10 Å². The van der Waals surface area contributed by atoms with Crippen LogP contribution in [0.15, 0.2) is 70.2 Å². The summed E-state index contributed by atoms with van der Waals surface area (Å²) < 4.78 is 6.55. The predicted molar refractivity (Wildman–Crippen MR) is 153 cm³/mol. The Kier molecular flexibility index (Phi) is 10.4. The highest BCUT2D eigenvalue weighted by atomic mass is 79.9. The van der Waals surface area contributed by atoms with Crippen molar-refractivity contribution in [1.29, 1.82) is 0 Å². The molecule has 3 aromatic carbocycles. The first kappa shape index (κ1) is 28.9. The number of hydrogen-bond donors (Lipinski definition) is 3. The summed E-state index contributed by atoms with van der Waals surface area (Å²) in [5, 5.41) is 9.59. The Morgan fingerprint density at radius 1 is 1.03 bits per heavy atom. The molecular formula is C28H28BrClN4O4. The smallest absolute Gasteiger partial charge is 0.329 e. The highest BCUT2D eigenvalue weighted by molar-refractivity contribution is 9.10. The number of carbonyl (C=O) groups excluding carboxylic acids is 3. The van der Waals surface area contributed by atoms with E-state index in [4.69, 9.17) is 16.3 Å². The number of hydrazone groups is 1. The van der Waals surface area contributed by atoms with Crippen molar-refractivity contribution >= 4 is 57.2 Å². The van der Waals surface area contributed by atoms with Crippen molar-refractivity contribution in [2.45, 2.75) is 33.2 Å². The van der Waals surface area contributed by atoms with E-state index >= 15 is 0 Å². The largest absolute Gasteiger partial charge is 0.483 e. The van der Waals surface area contributed by atoms with Gasteiger partial charge in [0, 0.05) is 27.3 Å². The van der Waals surface area contributed by atoms with E-state index in [1.54, 1.807) is 24.3 Å². The zero-order valence-corrected chi connectivity index (χ0v) is 23.5. The number of nitrogens with zero attached hydrogens (tertiary/aromatic N) is 1. The second-order valence-electron chi connectivity index (χ2n) is 8.76. The van der Waals surface area contributed by atoms with Crippen molar-refractivity contribution in [3.05, 3.63) is 92.4 Å². The van der Waals surface area contributed by atoms with Gasteiger partial charge in [0.05, 0.1) is 6.21 Å². The van der Waals surface area contributed by atoms with Gasteiger partial charge < -0.3 is 15.4 Å². The maximum Gasteiger partial charge on any atom is 0.329 e. The minimum atomic E-state index is -0.922. The second-order valence-corrected chi connectivity index (χ2v) is 10.1. The summed E-state index contributed by atoms with van der Waals surface area (Å²) in [5.41, 5.74) is 6.23. The number of ether oxygens (including phenoxy) is 1. The fraction of sp³-hybridized carbons (Fsp3) is 0.214. The van der Waals surface area contributed by atoms with Crippen molar-refractivity contribution in [3.63, 3.8) is 0 Å². The van der Waals surface area contributed by atoms with Gasteiger partial charge in [-0.1, -0.05) is 65.6 Å². The molecule has 10 heteroatoms. The Balaban J connectivity index is 1.53. The summed E-state index contributed by atoms with van der Waals surface area (Å²) >= 11 is 9.47. The first-order valence-corrected chi connectivity index (χ1v) is 13.0. The predicted octanol–water partition coefficient (Wildman–Crippen LogP) is 5.32. The summed E-state index contributed by atoms with van der Waals surface area (Å²) in [6.45, 7) is 6.03. The van der Waals surface area contributed by atoms with E-state index < -0.39 is 11.8 Å². The van der Waals surface area contributed by atoms with Gasteiger partial charge in [0.2, 0.25) is 0 Å². The summed E-state index contributed by atoms with van der Waals surface area (Å²) in [6, 6.07) is 18.1. The van der Waals surface area contributed by atoms with Crippen molar-refractivity contribution in [3.8, 4) is 5.75 Å². The van der Waals surface area contributed by atoms with Gasteiger partial charge in [0.25, 0.3) is 5.91 Å². The first-order valence-electron chi connectivity index (χ1n) is 11.8. The Hall–Kier alpha value is -3.69. The number of carbonyl (C=O) groups is 3. The Labute approximate surface area is 234 Å². The van der Waals surface area contributed by atoms with E-state index in [2.05, 4.69) is 50.9 Å².